The molecule has 0 saturated carbocycles. The van der Waals surface area contributed by atoms with Crippen molar-refractivity contribution in [3.63, 3.8) is 0 Å². The fourth-order valence-corrected chi connectivity index (χ4v) is 4.94. The summed E-state index contributed by atoms with van der Waals surface area (Å²) in [6, 6.07) is 11.0. The molecule has 0 aliphatic carbocycles. The highest BCUT2D eigenvalue weighted by Crippen LogP contribution is 2.31. The summed E-state index contributed by atoms with van der Waals surface area (Å²) in [5.41, 5.74) is 9.49. The lowest BCUT2D eigenvalue weighted by atomic mass is 10.0. The number of hydrogen-bond acceptors (Lipinski definition) is 9. The number of benzene rings is 1. The summed E-state index contributed by atoms with van der Waals surface area (Å²) >= 11 is 0. The van der Waals surface area contributed by atoms with Gasteiger partial charge in [0.05, 0.1) is 25.1 Å². The van der Waals surface area contributed by atoms with Crippen molar-refractivity contribution in [2.24, 2.45) is 0 Å². The Bertz CT molecular complexity index is 1280. The van der Waals surface area contributed by atoms with Crippen LogP contribution in [0.3, 0.4) is 0 Å². The van der Waals surface area contributed by atoms with Crippen LogP contribution in [-0.4, -0.2) is 73.8 Å². The number of imidazole rings is 1. The van der Waals surface area contributed by atoms with Gasteiger partial charge in [0, 0.05) is 51.2 Å². The van der Waals surface area contributed by atoms with Gasteiger partial charge in [-0.2, -0.15) is 0 Å². The fraction of sp³-hybridized carbons (Fsp3) is 0.400. The molecule has 0 spiro atoms. The Morgan fingerprint density at radius 1 is 0.914 bits per heavy atom. The van der Waals surface area contributed by atoms with E-state index in [1.54, 1.807) is 12.4 Å². The Morgan fingerprint density at radius 3 is 2.40 bits per heavy atom. The largest absolute Gasteiger partial charge is 0.378 e. The van der Waals surface area contributed by atoms with Crippen molar-refractivity contribution in [1.29, 1.82) is 0 Å². The third-order valence-corrected chi connectivity index (χ3v) is 6.84. The van der Waals surface area contributed by atoms with E-state index in [1.165, 1.54) is 5.56 Å². The molecule has 0 bridgehead atoms. The highest BCUT2D eigenvalue weighted by molar-refractivity contribution is 5.85. The van der Waals surface area contributed by atoms with Gasteiger partial charge in [0.25, 0.3) is 0 Å². The number of ether oxygens (including phenoxy) is 1. The number of morpholine rings is 1. The van der Waals surface area contributed by atoms with Gasteiger partial charge in [-0.15, -0.1) is 0 Å². The normalized spacial score (nSPS) is 17.8. The Labute approximate surface area is 203 Å². The van der Waals surface area contributed by atoms with Crippen LogP contribution in [0.25, 0.3) is 22.6 Å². The summed E-state index contributed by atoms with van der Waals surface area (Å²) in [5.74, 6) is 1.66. The second-order valence-corrected chi connectivity index (χ2v) is 9.12. The van der Waals surface area contributed by atoms with Crippen LogP contribution in [0.5, 0.6) is 0 Å². The predicted octanol–water partition coefficient (Wildman–Crippen LogP) is 2.54. The second kappa shape index (κ2) is 9.55. The molecular weight excluding hydrogens is 442 g/mol. The Balaban J connectivity index is 1.31. The maximum atomic E-state index is 5.70. The van der Waals surface area contributed by atoms with E-state index < -0.39 is 0 Å². The number of anilines is 2. The number of rotatable bonds is 5. The van der Waals surface area contributed by atoms with E-state index in [0.29, 0.717) is 25.1 Å². The summed E-state index contributed by atoms with van der Waals surface area (Å²) < 4.78 is 7.80. The lowest BCUT2D eigenvalue weighted by molar-refractivity contribution is 0.122. The van der Waals surface area contributed by atoms with Crippen LogP contribution < -0.4 is 10.6 Å². The third-order valence-electron chi connectivity index (χ3n) is 6.84. The first-order chi connectivity index (χ1) is 17.2. The summed E-state index contributed by atoms with van der Waals surface area (Å²) in [4.78, 5) is 27.7. The molecule has 0 atom stereocenters. The fourth-order valence-electron chi connectivity index (χ4n) is 4.94. The van der Waals surface area contributed by atoms with Gasteiger partial charge in [-0.05, 0) is 18.4 Å². The number of likely N-dealkylation sites (tertiary alicyclic amines) is 1. The quantitative estimate of drug-likeness (QED) is 0.469. The summed E-state index contributed by atoms with van der Waals surface area (Å²) in [5, 5.41) is 0. The van der Waals surface area contributed by atoms with E-state index in [2.05, 4.69) is 54.7 Å². The van der Waals surface area contributed by atoms with Gasteiger partial charge in [0.2, 0.25) is 5.95 Å². The maximum Gasteiger partial charge on any atom is 0.219 e. The van der Waals surface area contributed by atoms with Crippen molar-refractivity contribution < 1.29 is 4.74 Å². The first-order valence-electron chi connectivity index (χ1n) is 12.2. The molecule has 2 aliphatic rings. The smallest absolute Gasteiger partial charge is 0.219 e. The van der Waals surface area contributed by atoms with Crippen LogP contribution in [0, 0.1) is 0 Å². The van der Waals surface area contributed by atoms with Gasteiger partial charge in [0.15, 0.2) is 22.8 Å². The summed E-state index contributed by atoms with van der Waals surface area (Å²) in [6.45, 7) is 5.96. The predicted molar refractivity (Wildman–Crippen MR) is 134 cm³/mol. The molecule has 2 aliphatic heterocycles. The monoisotopic (exact) mass is 471 g/mol. The van der Waals surface area contributed by atoms with E-state index in [1.807, 2.05) is 6.33 Å². The molecule has 5 heterocycles. The molecular formula is C25H29N9O. The molecule has 6 rings (SSSR count). The molecule has 2 N–H and O–H groups in total. The number of nitrogens with zero attached hydrogens (tertiary/aromatic N) is 8. The van der Waals surface area contributed by atoms with Gasteiger partial charge in [-0.1, -0.05) is 30.3 Å². The molecule has 0 radical (unpaired) electrons. The Kier molecular flexibility index (Phi) is 5.97. The average Bonchev–Trinajstić information content (AvgIpc) is 3.34. The molecule has 0 unspecified atom stereocenters. The minimum atomic E-state index is 0.232. The third kappa shape index (κ3) is 4.54. The second-order valence-electron chi connectivity index (χ2n) is 9.12. The van der Waals surface area contributed by atoms with E-state index in [0.717, 1.165) is 68.1 Å². The number of aromatic nitrogens is 6. The molecule has 180 valence electrons. The van der Waals surface area contributed by atoms with Crippen LogP contribution in [0.1, 0.15) is 24.4 Å². The van der Waals surface area contributed by atoms with E-state index in [9.17, 15) is 0 Å². The van der Waals surface area contributed by atoms with Crippen LogP contribution in [-0.2, 0) is 11.3 Å². The van der Waals surface area contributed by atoms with E-state index >= 15 is 0 Å². The van der Waals surface area contributed by atoms with Crippen molar-refractivity contribution in [2.45, 2.75) is 25.4 Å². The van der Waals surface area contributed by atoms with Crippen LogP contribution in [0.4, 0.5) is 11.8 Å². The molecule has 4 aromatic rings. The van der Waals surface area contributed by atoms with Crippen LogP contribution >= 0.6 is 0 Å². The zero-order chi connectivity index (χ0) is 23.6. The van der Waals surface area contributed by atoms with E-state index in [4.69, 9.17) is 25.4 Å². The zero-order valence-electron chi connectivity index (χ0n) is 19.6. The maximum absolute atomic E-state index is 5.70. The van der Waals surface area contributed by atoms with E-state index in [-0.39, 0.29) is 5.95 Å². The molecule has 10 heteroatoms. The van der Waals surface area contributed by atoms with Gasteiger partial charge in [-0.25, -0.2) is 24.9 Å². The number of piperidine rings is 1. The minimum absolute atomic E-state index is 0.232. The highest BCUT2D eigenvalue weighted by atomic mass is 16.5. The molecule has 10 nitrogen and oxygen atoms in total. The number of fused-ring (bicyclic) bond motifs is 1. The van der Waals surface area contributed by atoms with Gasteiger partial charge in [-0.3, -0.25) is 4.90 Å². The molecule has 1 aromatic carbocycles. The van der Waals surface area contributed by atoms with Gasteiger partial charge < -0.3 is 19.9 Å². The highest BCUT2D eigenvalue weighted by Gasteiger charge is 2.26. The number of nitrogen functional groups attached to an aromatic ring is 1. The minimum Gasteiger partial charge on any atom is -0.378 e. The topological polar surface area (TPSA) is 111 Å². The Morgan fingerprint density at radius 2 is 1.66 bits per heavy atom. The summed E-state index contributed by atoms with van der Waals surface area (Å²) in [6.07, 6.45) is 7.39. The number of hydrogen-bond donors (Lipinski definition) is 1. The van der Waals surface area contributed by atoms with Gasteiger partial charge in [0.1, 0.15) is 0 Å². The molecule has 3 aromatic heterocycles. The van der Waals surface area contributed by atoms with Crippen molar-refractivity contribution >= 4 is 22.9 Å². The zero-order valence-corrected chi connectivity index (χ0v) is 19.6. The van der Waals surface area contributed by atoms with Crippen LogP contribution in [0.15, 0.2) is 49.1 Å². The molecule has 2 saturated heterocycles. The van der Waals surface area contributed by atoms with Gasteiger partial charge >= 0.3 is 0 Å². The lowest BCUT2D eigenvalue weighted by Gasteiger charge is -2.32. The SMILES string of the molecule is Nc1ncc(-c2nc(N3CCOCC3)c3ncn(C4CCN(Cc5ccccc5)CC4)c3n2)cn1. The summed E-state index contributed by atoms with van der Waals surface area (Å²) in [7, 11) is 0. The van der Waals surface area contributed by atoms with Crippen molar-refractivity contribution in [2.75, 3.05) is 50.0 Å². The molecule has 0 amide bonds. The standard InChI is InChI=1S/C25H29N9O/c26-25-27-14-19(15-28-25)22-30-23(33-10-12-35-13-11-33)21-24(31-22)34(17-29-21)20-6-8-32(9-7-20)16-18-4-2-1-3-5-18/h1-5,14-15,17,20H,6-13,16H2,(H2,26,27,28). The van der Waals surface area contributed by atoms with Crippen molar-refractivity contribution in [3.05, 3.63) is 54.6 Å². The van der Waals surface area contributed by atoms with Crippen molar-refractivity contribution in [3.8, 4) is 11.4 Å². The Hall–Kier alpha value is -3.63. The molecule has 2 fully saturated rings. The van der Waals surface area contributed by atoms with Crippen molar-refractivity contribution in [1.82, 2.24) is 34.4 Å². The first kappa shape index (κ1) is 21.9. The van der Waals surface area contributed by atoms with Crippen LogP contribution in [0.2, 0.25) is 0 Å². The first-order valence-corrected chi connectivity index (χ1v) is 12.2. The number of nitrogens with two attached hydrogens (primary N) is 1. The lowest BCUT2D eigenvalue weighted by Crippen LogP contribution is -2.37. The molecule has 35 heavy (non-hydrogen) atoms. The average molecular weight is 472 g/mol.